The van der Waals surface area contributed by atoms with Crippen molar-refractivity contribution in [1.29, 1.82) is 0 Å². The minimum atomic E-state index is -0.735. The van der Waals surface area contributed by atoms with E-state index in [4.69, 9.17) is 5.11 Å². The Morgan fingerprint density at radius 1 is 1.14 bits per heavy atom. The molecule has 4 heteroatoms. The van der Waals surface area contributed by atoms with Crippen LogP contribution in [0.3, 0.4) is 0 Å². The van der Waals surface area contributed by atoms with Crippen LogP contribution in [-0.4, -0.2) is 53.6 Å². The Balaban J connectivity index is 2.05. The van der Waals surface area contributed by atoms with Crippen molar-refractivity contribution in [3.8, 4) is 0 Å². The molecule has 4 nitrogen and oxygen atoms in total. The third-order valence-electron chi connectivity index (χ3n) is 4.47. The van der Waals surface area contributed by atoms with E-state index in [0.717, 1.165) is 26.2 Å². The van der Waals surface area contributed by atoms with E-state index in [-0.39, 0.29) is 6.54 Å². The maximum absolute atomic E-state index is 10.8. The van der Waals surface area contributed by atoms with Gasteiger partial charge in [-0.15, -0.1) is 0 Å². The molecule has 1 N–H and O–H groups in total. The first-order valence-electron chi connectivity index (χ1n) is 7.64. The van der Waals surface area contributed by atoms with Gasteiger partial charge in [-0.05, 0) is 44.4 Å². The molecule has 0 spiro atoms. The summed E-state index contributed by atoms with van der Waals surface area (Å²) in [4.78, 5) is 15.2. The van der Waals surface area contributed by atoms with Crippen molar-refractivity contribution in [1.82, 2.24) is 9.80 Å². The van der Waals surface area contributed by atoms with Gasteiger partial charge in [-0.2, -0.15) is 0 Å². The number of piperazine rings is 1. The van der Waals surface area contributed by atoms with Crippen LogP contribution in [-0.2, 0) is 4.79 Å². The summed E-state index contributed by atoms with van der Waals surface area (Å²) < 4.78 is 0. The van der Waals surface area contributed by atoms with E-state index >= 15 is 0 Å². The summed E-state index contributed by atoms with van der Waals surface area (Å²) in [5, 5.41) is 8.86. The van der Waals surface area contributed by atoms with Crippen LogP contribution in [0.2, 0.25) is 0 Å². The van der Waals surface area contributed by atoms with Crippen LogP contribution in [0.5, 0.6) is 0 Å². The number of aliphatic carboxylic acids is 1. The molecule has 1 fully saturated rings. The Hall–Kier alpha value is -1.39. The first-order valence-corrected chi connectivity index (χ1v) is 7.64. The molecule has 0 radical (unpaired) electrons. The summed E-state index contributed by atoms with van der Waals surface area (Å²) in [6, 6.07) is 4.89. The molecule has 116 valence electrons. The zero-order valence-corrected chi connectivity index (χ0v) is 13.5. The van der Waals surface area contributed by atoms with Crippen LogP contribution in [0.4, 0.5) is 0 Å². The molecule has 1 unspecified atom stereocenters. The Morgan fingerprint density at radius 2 is 1.67 bits per heavy atom. The lowest BCUT2D eigenvalue weighted by Crippen LogP contribution is -2.48. The third-order valence-corrected chi connectivity index (χ3v) is 4.47. The monoisotopic (exact) mass is 290 g/mol. The Kier molecular flexibility index (Phi) is 5.01. The van der Waals surface area contributed by atoms with Crippen molar-refractivity contribution in [2.45, 2.75) is 33.7 Å². The summed E-state index contributed by atoms with van der Waals surface area (Å²) in [5.74, 6) is -0.735. The second-order valence-electron chi connectivity index (χ2n) is 6.19. The molecule has 0 aromatic heterocycles. The highest BCUT2D eigenvalue weighted by atomic mass is 16.4. The van der Waals surface area contributed by atoms with E-state index in [1.165, 1.54) is 22.3 Å². The average molecular weight is 290 g/mol. The van der Waals surface area contributed by atoms with Crippen LogP contribution < -0.4 is 0 Å². The predicted molar refractivity (Wildman–Crippen MR) is 84.7 cm³/mol. The lowest BCUT2D eigenvalue weighted by Gasteiger charge is -2.38. The SMILES string of the molecule is Cc1cc(C)c(C(C)N2CCN(CC(=O)O)CC2)c(C)c1. The Bertz CT molecular complexity index is 497. The summed E-state index contributed by atoms with van der Waals surface area (Å²) in [6.45, 7) is 12.5. The first kappa shape index (κ1) is 16.0. The summed E-state index contributed by atoms with van der Waals surface area (Å²) in [7, 11) is 0. The molecular formula is C17H26N2O2. The van der Waals surface area contributed by atoms with E-state index in [9.17, 15) is 4.79 Å². The van der Waals surface area contributed by atoms with Crippen molar-refractivity contribution in [2.24, 2.45) is 0 Å². The molecule has 1 atom stereocenters. The molecule has 0 bridgehead atoms. The van der Waals surface area contributed by atoms with Gasteiger partial charge in [-0.25, -0.2) is 0 Å². The molecule has 21 heavy (non-hydrogen) atoms. The van der Waals surface area contributed by atoms with Gasteiger partial charge in [-0.3, -0.25) is 14.6 Å². The fourth-order valence-electron chi connectivity index (χ4n) is 3.53. The Morgan fingerprint density at radius 3 is 2.14 bits per heavy atom. The summed E-state index contributed by atoms with van der Waals surface area (Å²) >= 11 is 0. The van der Waals surface area contributed by atoms with Crippen LogP contribution >= 0.6 is 0 Å². The van der Waals surface area contributed by atoms with E-state index in [0.29, 0.717) is 6.04 Å². The van der Waals surface area contributed by atoms with Gasteiger partial charge < -0.3 is 5.11 Å². The zero-order chi connectivity index (χ0) is 15.6. The quantitative estimate of drug-likeness (QED) is 0.924. The van der Waals surface area contributed by atoms with Crippen molar-refractivity contribution < 1.29 is 9.90 Å². The highest BCUT2D eigenvalue weighted by molar-refractivity contribution is 5.69. The number of hydrogen-bond acceptors (Lipinski definition) is 3. The number of nitrogens with zero attached hydrogens (tertiary/aromatic N) is 2. The smallest absolute Gasteiger partial charge is 0.317 e. The topological polar surface area (TPSA) is 43.8 Å². The maximum atomic E-state index is 10.8. The molecule has 1 aliphatic rings. The van der Waals surface area contributed by atoms with Crippen LogP contribution in [0, 0.1) is 20.8 Å². The van der Waals surface area contributed by atoms with E-state index in [1.54, 1.807) is 0 Å². The predicted octanol–water partition coefficient (Wildman–Crippen LogP) is 2.38. The zero-order valence-electron chi connectivity index (χ0n) is 13.5. The normalized spacial score (nSPS) is 18.7. The molecule has 0 amide bonds. The maximum Gasteiger partial charge on any atom is 0.317 e. The van der Waals surface area contributed by atoms with Gasteiger partial charge in [0.15, 0.2) is 0 Å². The van der Waals surface area contributed by atoms with Gasteiger partial charge >= 0.3 is 5.97 Å². The van der Waals surface area contributed by atoms with Gasteiger partial charge in [0.25, 0.3) is 0 Å². The number of hydrogen-bond donors (Lipinski definition) is 1. The number of carboxylic acids is 1. The molecular weight excluding hydrogens is 264 g/mol. The van der Waals surface area contributed by atoms with Crippen molar-refractivity contribution in [3.05, 3.63) is 34.4 Å². The molecule has 1 aliphatic heterocycles. The number of benzene rings is 1. The first-order chi connectivity index (χ1) is 9.88. The minimum absolute atomic E-state index is 0.158. The van der Waals surface area contributed by atoms with Crippen molar-refractivity contribution in [2.75, 3.05) is 32.7 Å². The van der Waals surface area contributed by atoms with Crippen LogP contribution in [0.25, 0.3) is 0 Å². The highest BCUT2D eigenvalue weighted by Gasteiger charge is 2.24. The second kappa shape index (κ2) is 6.58. The third kappa shape index (κ3) is 3.83. The number of rotatable bonds is 4. The second-order valence-corrected chi connectivity index (χ2v) is 6.19. The average Bonchev–Trinajstić information content (AvgIpc) is 2.37. The molecule has 1 aromatic carbocycles. The Labute approximate surface area is 127 Å². The summed E-state index contributed by atoms with van der Waals surface area (Å²) in [6.07, 6.45) is 0. The molecule has 2 rings (SSSR count). The van der Waals surface area contributed by atoms with Crippen molar-refractivity contribution >= 4 is 5.97 Å². The van der Waals surface area contributed by atoms with Gasteiger partial charge in [-0.1, -0.05) is 17.7 Å². The van der Waals surface area contributed by atoms with Crippen LogP contribution in [0.1, 0.15) is 35.2 Å². The fraction of sp³-hybridized carbons (Fsp3) is 0.588. The van der Waals surface area contributed by atoms with Gasteiger partial charge in [0.2, 0.25) is 0 Å². The van der Waals surface area contributed by atoms with E-state index < -0.39 is 5.97 Å². The lowest BCUT2D eigenvalue weighted by atomic mass is 9.93. The number of carbonyl (C=O) groups is 1. The largest absolute Gasteiger partial charge is 0.480 e. The number of aryl methyl sites for hydroxylation is 3. The van der Waals surface area contributed by atoms with Crippen molar-refractivity contribution in [3.63, 3.8) is 0 Å². The van der Waals surface area contributed by atoms with Gasteiger partial charge in [0.1, 0.15) is 0 Å². The molecule has 0 aliphatic carbocycles. The van der Waals surface area contributed by atoms with Crippen LogP contribution in [0.15, 0.2) is 12.1 Å². The lowest BCUT2D eigenvalue weighted by molar-refractivity contribution is -0.138. The number of carboxylic acid groups (broad SMARTS) is 1. The van der Waals surface area contributed by atoms with E-state index in [2.05, 4.69) is 44.7 Å². The minimum Gasteiger partial charge on any atom is -0.480 e. The van der Waals surface area contributed by atoms with E-state index in [1.807, 2.05) is 4.90 Å². The standard InChI is InChI=1S/C17H26N2O2/c1-12-9-13(2)17(14(3)10-12)15(4)19-7-5-18(6-8-19)11-16(20)21/h9-10,15H,5-8,11H2,1-4H3,(H,20,21). The van der Waals surface area contributed by atoms with Gasteiger partial charge in [0, 0.05) is 32.2 Å². The molecule has 1 saturated heterocycles. The molecule has 0 saturated carbocycles. The summed E-state index contributed by atoms with van der Waals surface area (Å²) in [5.41, 5.74) is 5.44. The molecule has 1 heterocycles. The fourth-order valence-corrected chi connectivity index (χ4v) is 3.53. The molecule has 1 aromatic rings. The van der Waals surface area contributed by atoms with Gasteiger partial charge in [0.05, 0.1) is 6.54 Å². The highest BCUT2D eigenvalue weighted by Crippen LogP contribution is 2.28.